The maximum atomic E-state index is 6.08. The molecule has 1 aromatic rings. The van der Waals surface area contributed by atoms with E-state index in [-0.39, 0.29) is 0 Å². The fraction of sp³-hybridized carbons (Fsp3) is 0.467. The first-order valence-electron chi connectivity index (χ1n) is 6.09. The molecule has 0 aromatic heterocycles. The molecule has 0 atom stereocenters. The lowest BCUT2D eigenvalue weighted by Crippen LogP contribution is -2.37. The zero-order valence-electron chi connectivity index (χ0n) is 12.0. The molecule has 0 aliphatic rings. The van der Waals surface area contributed by atoms with Gasteiger partial charge in [0.25, 0.3) is 0 Å². The molecular formula is C15H21ClOSi. The molecule has 0 aliphatic carbocycles. The van der Waals surface area contributed by atoms with Crippen LogP contribution in [0.25, 0.3) is 0 Å². The van der Waals surface area contributed by atoms with Crippen LogP contribution in [0.4, 0.5) is 0 Å². The number of hydrogen-bond acceptors (Lipinski definition) is 1. The Morgan fingerprint density at radius 1 is 1.22 bits per heavy atom. The van der Waals surface area contributed by atoms with Crippen LogP contribution < -0.4 is 0 Å². The van der Waals surface area contributed by atoms with E-state index in [0.717, 1.165) is 16.1 Å². The fourth-order valence-corrected chi connectivity index (χ4v) is 3.45. The van der Waals surface area contributed by atoms with Gasteiger partial charge in [0.15, 0.2) is 8.32 Å². The minimum absolute atomic E-state index is 0.415. The van der Waals surface area contributed by atoms with Crippen molar-refractivity contribution in [1.29, 1.82) is 0 Å². The molecular weight excluding hydrogens is 260 g/mol. The SMILES string of the molecule is Cc1ccc(C#CC(C)(C)O[Si](C)(C)C)cc1Cl. The molecule has 0 N–H and O–H groups in total. The summed E-state index contributed by atoms with van der Waals surface area (Å²) in [5, 5.41) is 0.755. The average molecular weight is 281 g/mol. The van der Waals surface area contributed by atoms with Gasteiger partial charge in [-0.2, -0.15) is 0 Å². The van der Waals surface area contributed by atoms with E-state index in [0.29, 0.717) is 0 Å². The Hall–Kier alpha value is -0.753. The van der Waals surface area contributed by atoms with Crippen molar-refractivity contribution in [2.45, 2.75) is 46.0 Å². The third-order valence-corrected chi connectivity index (χ3v) is 3.77. The van der Waals surface area contributed by atoms with Gasteiger partial charge in [-0.15, -0.1) is 0 Å². The van der Waals surface area contributed by atoms with Crippen LogP contribution in [0.3, 0.4) is 0 Å². The van der Waals surface area contributed by atoms with Gasteiger partial charge in [0.2, 0.25) is 0 Å². The summed E-state index contributed by atoms with van der Waals surface area (Å²) in [7, 11) is -1.58. The van der Waals surface area contributed by atoms with Crippen LogP contribution in [0.5, 0.6) is 0 Å². The molecule has 0 bridgehead atoms. The van der Waals surface area contributed by atoms with Crippen molar-refractivity contribution in [2.75, 3.05) is 0 Å². The van der Waals surface area contributed by atoms with Crippen LogP contribution in [0.15, 0.2) is 18.2 Å². The van der Waals surface area contributed by atoms with Crippen molar-refractivity contribution in [3.63, 3.8) is 0 Å². The molecule has 0 spiro atoms. The summed E-state index contributed by atoms with van der Waals surface area (Å²) in [4.78, 5) is 0. The lowest BCUT2D eigenvalue weighted by atomic mass is 10.1. The van der Waals surface area contributed by atoms with Crippen LogP contribution in [0.2, 0.25) is 24.7 Å². The Kier molecular flexibility index (Phi) is 4.66. The quantitative estimate of drug-likeness (QED) is 0.567. The highest BCUT2D eigenvalue weighted by molar-refractivity contribution is 6.69. The van der Waals surface area contributed by atoms with Crippen LogP contribution in [-0.4, -0.2) is 13.9 Å². The molecule has 0 saturated heterocycles. The third kappa shape index (κ3) is 5.26. The van der Waals surface area contributed by atoms with Gasteiger partial charge in [0.1, 0.15) is 5.60 Å². The normalized spacial score (nSPS) is 11.9. The molecule has 0 amide bonds. The predicted octanol–water partition coefficient (Wildman–Crippen LogP) is 4.63. The Morgan fingerprint density at radius 3 is 2.33 bits per heavy atom. The second-order valence-electron chi connectivity index (χ2n) is 5.94. The first-order chi connectivity index (χ1) is 8.09. The van der Waals surface area contributed by atoms with Crippen molar-refractivity contribution in [2.24, 2.45) is 0 Å². The monoisotopic (exact) mass is 280 g/mol. The number of hydrogen-bond donors (Lipinski definition) is 0. The average Bonchev–Trinajstić information content (AvgIpc) is 2.16. The van der Waals surface area contributed by atoms with E-state index < -0.39 is 13.9 Å². The summed E-state index contributed by atoms with van der Waals surface area (Å²) in [6, 6.07) is 5.87. The summed E-state index contributed by atoms with van der Waals surface area (Å²) in [5.74, 6) is 6.32. The standard InChI is InChI=1S/C15H21ClOSi/c1-12-7-8-13(11-14(12)16)9-10-15(2,3)17-18(4,5)6/h7-8,11H,1-6H3. The third-order valence-electron chi connectivity index (χ3n) is 2.24. The molecule has 18 heavy (non-hydrogen) atoms. The van der Waals surface area contributed by atoms with Gasteiger partial charge >= 0.3 is 0 Å². The highest BCUT2D eigenvalue weighted by Crippen LogP contribution is 2.18. The predicted molar refractivity (Wildman–Crippen MR) is 81.6 cm³/mol. The van der Waals surface area contributed by atoms with Gasteiger partial charge < -0.3 is 4.43 Å². The molecule has 0 radical (unpaired) electrons. The van der Waals surface area contributed by atoms with Crippen LogP contribution >= 0.6 is 11.6 Å². The van der Waals surface area contributed by atoms with Gasteiger partial charge in [-0.3, -0.25) is 0 Å². The number of halogens is 1. The number of rotatable bonds is 2. The smallest absolute Gasteiger partial charge is 0.185 e. The molecule has 3 heteroatoms. The Morgan fingerprint density at radius 2 is 1.83 bits per heavy atom. The van der Waals surface area contributed by atoms with E-state index in [1.165, 1.54) is 0 Å². The lowest BCUT2D eigenvalue weighted by Gasteiger charge is -2.28. The minimum Gasteiger partial charge on any atom is -0.402 e. The van der Waals surface area contributed by atoms with Crippen molar-refractivity contribution in [1.82, 2.24) is 0 Å². The second kappa shape index (κ2) is 5.48. The summed E-state index contributed by atoms with van der Waals surface area (Å²) in [6.07, 6.45) is 0. The first-order valence-corrected chi connectivity index (χ1v) is 9.87. The van der Waals surface area contributed by atoms with E-state index in [4.69, 9.17) is 16.0 Å². The van der Waals surface area contributed by atoms with Gasteiger partial charge in [-0.05, 0) is 58.1 Å². The summed E-state index contributed by atoms with van der Waals surface area (Å²) in [6.45, 7) is 12.5. The fourth-order valence-electron chi connectivity index (χ4n) is 1.68. The molecule has 0 saturated carbocycles. The Labute approximate surface area is 117 Å². The minimum atomic E-state index is -1.58. The molecule has 0 heterocycles. The molecule has 0 unspecified atom stereocenters. The maximum Gasteiger partial charge on any atom is 0.185 e. The molecule has 1 nitrogen and oxygen atoms in total. The highest BCUT2D eigenvalue weighted by atomic mass is 35.5. The van der Waals surface area contributed by atoms with Crippen molar-refractivity contribution >= 4 is 19.9 Å². The van der Waals surface area contributed by atoms with Gasteiger partial charge in [-0.1, -0.05) is 29.5 Å². The van der Waals surface area contributed by atoms with Crippen LogP contribution in [0, 0.1) is 18.8 Å². The van der Waals surface area contributed by atoms with E-state index in [1.54, 1.807) is 0 Å². The second-order valence-corrected chi connectivity index (χ2v) is 10.8. The van der Waals surface area contributed by atoms with Gasteiger partial charge in [0, 0.05) is 10.6 Å². The van der Waals surface area contributed by atoms with Crippen molar-refractivity contribution in [3.05, 3.63) is 34.3 Å². The molecule has 1 rings (SSSR count). The van der Waals surface area contributed by atoms with Crippen molar-refractivity contribution < 1.29 is 4.43 Å². The van der Waals surface area contributed by atoms with E-state index in [1.807, 2.05) is 39.0 Å². The topological polar surface area (TPSA) is 9.23 Å². The molecule has 0 fully saturated rings. The Balaban J connectivity index is 2.90. The van der Waals surface area contributed by atoms with E-state index in [2.05, 4.69) is 31.5 Å². The largest absolute Gasteiger partial charge is 0.402 e. The zero-order valence-corrected chi connectivity index (χ0v) is 13.8. The number of aryl methyl sites for hydroxylation is 1. The molecule has 98 valence electrons. The Bertz CT molecular complexity index is 489. The summed E-state index contributed by atoms with van der Waals surface area (Å²) in [5.41, 5.74) is 1.58. The van der Waals surface area contributed by atoms with Crippen LogP contribution in [-0.2, 0) is 4.43 Å². The summed E-state index contributed by atoms with van der Waals surface area (Å²) < 4.78 is 6.03. The maximum absolute atomic E-state index is 6.08. The van der Waals surface area contributed by atoms with Crippen LogP contribution in [0.1, 0.15) is 25.0 Å². The van der Waals surface area contributed by atoms with Gasteiger partial charge in [-0.25, -0.2) is 0 Å². The summed E-state index contributed by atoms with van der Waals surface area (Å²) >= 11 is 6.08. The first kappa shape index (κ1) is 15.3. The van der Waals surface area contributed by atoms with Gasteiger partial charge in [0.05, 0.1) is 0 Å². The van der Waals surface area contributed by atoms with E-state index in [9.17, 15) is 0 Å². The molecule has 0 aliphatic heterocycles. The van der Waals surface area contributed by atoms with Crippen molar-refractivity contribution in [3.8, 4) is 11.8 Å². The lowest BCUT2D eigenvalue weighted by molar-refractivity contribution is 0.164. The highest BCUT2D eigenvalue weighted by Gasteiger charge is 2.25. The zero-order chi connectivity index (χ0) is 14.0. The van der Waals surface area contributed by atoms with E-state index >= 15 is 0 Å². The molecule has 1 aromatic carbocycles. The number of benzene rings is 1.